The van der Waals surface area contributed by atoms with E-state index in [1.807, 2.05) is 26.0 Å². The van der Waals surface area contributed by atoms with Gasteiger partial charge in [0, 0.05) is 26.7 Å². The molecule has 0 amide bonds. The lowest BCUT2D eigenvalue weighted by Crippen LogP contribution is -2.36. The first-order valence-corrected chi connectivity index (χ1v) is 6.66. The topological polar surface area (TPSA) is 83.2 Å². The van der Waals surface area contributed by atoms with Gasteiger partial charge in [0.1, 0.15) is 5.82 Å². The molecule has 1 saturated heterocycles. The number of nitrogens with one attached hydrogen (secondary N) is 1. The predicted octanol–water partition coefficient (Wildman–Crippen LogP) is -0.296. The van der Waals surface area contributed by atoms with E-state index >= 15 is 0 Å². The van der Waals surface area contributed by atoms with Crippen LogP contribution in [-0.2, 0) is 6.54 Å². The fraction of sp³-hybridized carbons (Fsp3) is 0.750. The number of hydrogen-bond donors (Lipinski definition) is 2. The number of nitrogen functional groups attached to an aromatic ring is 1. The third kappa shape index (κ3) is 3.51. The van der Waals surface area contributed by atoms with Crippen LogP contribution in [0.1, 0.15) is 18.7 Å². The van der Waals surface area contributed by atoms with E-state index in [0.29, 0.717) is 12.0 Å². The number of rotatable bonds is 5. The van der Waals surface area contributed by atoms with Crippen molar-refractivity contribution >= 4 is 11.9 Å². The van der Waals surface area contributed by atoms with Crippen molar-refractivity contribution < 1.29 is 0 Å². The van der Waals surface area contributed by atoms with E-state index in [9.17, 15) is 0 Å². The molecular weight excluding hydrogens is 242 g/mol. The van der Waals surface area contributed by atoms with E-state index in [1.54, 1.807) is 0 Å². The summed E-state index contributed by atoms with van der Waals surface area (Å²) < 4.78 is 0. The molecule has 3 N–H and O–H groups in total. The van der Waals surface area contributed by atoms with Crippen LogP contribution in [0.5, 0.6) is 0 Å². The lowest BCUT2D eigenvalue weighted by molar-refractivity contribution is 0.236. The summed E-state index contributed by atoms with van der Waals surface area (Å²) >= 11 is 0. The fourth-order valence-corrected chi connectivity index (χ4v) is 2.45. The number of aromatic nitrogens is 3. The molecule has 0 aromatic carbocycles. The van der Waals surface area contributed by atoms with Crippen molar-refractivity contribution in [1.29, 1.82) is 0 Å². The molecule has 0 aliphatic carbocycles. The van der Waals surface area contributed by atoms with Crippen LogP contribution in [0.25, 0.3) is 0 Å². The quantitative estimate of drug-likeness (QED) is 0.756. The molecule has 1 aromatic heterocycles. The molecule has 1 aromatic rings. The summed E-state index contributed by atoms with van der Waals surface area (Å²) in [6.45, 7) is 2.83. The van der Waals surface area contributed by atoms with E-state index in [1.165, 1.54) is 12.8 Å². The molecule has 0 bridgehead atoms. The van der Waals surface area contributed by atoms with Crippen LogP contribution in [0.4, 0.5) is 11.9 Å². The van der Waals surface area contributed by atoms with Gasteiger partial charge in [-0.1, -0.05) is 0 Å². The molecule has 7 heteroatoms. The minimum absolute atomic E-state index is 0.290. The third-order valence-electron chi connectivity index (χ3n) is 3.37. The van der Waals surface area contributed by atoms with E-state index < -0.39 is 0 Å². The standard InChI is InChI=1S/C12H23N7/c1-14-7-9-5-4-6-19(9)8-10-15-11(13)17-12(16-10)18(2)3/h9,14H,4-8H2,1-3H3,(H2,13,15,16,17). The second-order valence-electron chi connectivity index (χ2n) is 5.13. The second kappa shape index (κ2) is 6.12. The minimum atomic E-state index is 0.290. The maximum Gasteiger partial charge on any atom is 0.229 e. The van der Waals surface area contributed by atoms with Crippen molar-refractivity contribution in [2.45, 2.75) is 25.4 Å². The van der Waals surface area contributed by atoms with Crippen molar-refractivity contribution in [2.24, 2.45) is 0 Å². The number of nitrogens with two attached hydrogens (primary N) is 1. The van der Waals surface area contributed by atoms with E-state index in [2.05, 4.69) is 25.2 Å². The van der Waals surface area contributed by atoms with Gasteiger partial charge < -0.3 is 16.0 Å². The number of likely N-dealkylation sites (N-methyl/N-ethyl adjacent to an activating group) is 1. The monoisotopic (exact) mass is 265 g/mol. The molecule has 1 aliphatic rings. The average molecular weight is 265 g/mol. The number of anilines is 2. The highest BCUT2D eigenvalue weighted by Gasteiger charge is 2.24. The van der Waals surface area contributed by atoms with Crippen LogP contribution in [0.3, 0.4) is 0 Å². The average Bonchev–Trinajstić information content (AvgIpc) is 2.76. The molecule has 1 unspecified atom stereocenters. The van der Waals surface area contributed by atoms with Gasteiger partial charge in [-0.3, -0.25) is 4.90 Å². The largest absolute Gasteiger partial charge is 0.368 e. The number of likely N-dealkylation sites (tertiary alicyclic amines) is 1. The Kier molecular flexibility index (Phi) is 4.49. The molecule has 1 aliphatic heterocycles. The first-order valence-electron chi connectivity index (χ1n) is 6.66. The second-order valence-corrected chi connectivity index (χ2v) is 5.13. The molecule has 19 heavy (non-hydrogen) atoms. The van der Waals surface area contributed by atoms with Gasteiger partial charge in [0.2, 0.25) is 11.9 Å². The Labute approximate surface area is 114 Å². The van der Waals surface area contributed by atoms with Gasteiger partial charge >= 0.3 is 0 Å². The highest BCUT2D eigenvalue weighted by molar-refractivity contribution is 5.32. The molecule has 1 fully saturated rings. The molecular formula is C12H23N7. The van der Waals surface area contributed by atoms with Crippen LogP contribution < -0.4 is 16.0 Å². The Bertz CT molecular complexity index is 421. The van der Waals surface area contributed by atoms with Crippen molar-refractivity contribution in [3.05, 3.63) is 5.82 Å². The smallest absolute Gasteiger partial charge is 0.229 e. The van der Waals surface area contributed by atoms with Crippen LogP contribution in [0.15, 0.2) is 0 Å². The van der Waals surface area contributed by atoms with Crippen molar-refractivity contribution in [1.82, 2.24) is 25.2 Å². The summed E-state index contributed by atoms with van der Waals surface area (Å²) in [5.41, 5.74) is 5.75. The van der Waals surface area contributed by atoms with Crippen molar-refractivity contribution in [2.75, 3.05) is 44.9 Å². The van der Waals surface area contributed by atoms with Crippen LogP contribution in [0, 0.1) is 0 Å². The summed E-state index contributed by atoms with van der Waals surface area (Å²) in [6, 6.07) is 0.561. The molecule has 0 radical (unpaired) electrons. The molecule has 7 nitrogen and oxygen atoms in total. The van der Waals surface area contributed by atoms with Crippen LogP contribution in [0.2, 0.25) is 0 Å². The third-order valence-corrected chi connectivity index (χ3v) is 3.37. The Morgan fingerprint density at radius 2 is 2.16 bits per heavy atom. The zero-order valence-corrected chi connectivity index (χ0v) is 11.9. The van der Waals surface area contributed by atoms with Gasteiger partial charge in [0.05, 0.1) is 6.54 Å². The zero-order chi connectivity index (χ0) is 13.8. The van der Waals surface area contributed by atoms with Crippen molar-refractivity contribution in [3.8, 4) is 0 Å². The molecule has 1 atom stereocenters. The molecule has 0 saturated carbocycles. The SMILES string of the molecule is CNCC1CCCN1Cc1nc(N)nc(N(C)C)n1. The fourth-order valence-electron chi connectivity index (χ4n) is 2.45. The first-order chi connectivity index (χ1) is 9.10. The highest BCUT2D eigenvalue weighted by Crippen LogP contribution is 2.19. The minimum Gasteiger partial charge on any atom is -0.368 e. The summed E-state index contributed by atoms with van der Waals surface area (Å²) in [5.74, 6) is 1.66. The highest BCUT2D eigenvalue weighted by atomic mass is 15.3. The molecule has 2 rings (SSSR count). The van der Waals surface area contributed by atoms with Crippen LogP contribution >= 0.6 is 0 Å². The molecule has 0 spiro atoms. The maximum absolute atomic E-state index is 5.75. The van der Waals surface area contributed by atoms with E-state index in [4.69, 9.17) is 5.73 Å². The first kappa shape index (κ1) is 14.0. The predicted molar refractivity (Wildman–Crippen MR) is 75.9 cm³/mol. The Morgan fingerprint density at radius 1 is 1.37 bits per heavy atom. The normalized spacial score (nSPS) is 19.8. The lowest BCUT2D eigenvalue weighted by atomic mass is 10.2. The lowest BCUT2D eigenvalue weighted by Gasteiger charge is -2.23. The van der Waals surface area contributed by atoms with Crippen molar-refractivity contribution in [3.63, 3.8) is 0 Å². The van der Waals surface area contributed by atoms with Gasteiger partial charge in [0.25, 0.3) is 0 Å². The van der Waals surface area contributed by atoms with E-state index in [0.717, 1.165) is 25.5 Å². The number of hydrogen-bond acceptors (Lipinski definition) is 7. The van der Waals surface area contributed by atoms with Gasteiger partial charge in [-0.2, -0.15) is 15.0 Å². The van der Waals surface area contributed by atoms with Gasteiger partial charge in [-0.25, -0.2) is 0 Å². The molecule has 106 valence electrons. The van der Waals surface area contributed by atoms with Gasteiger partial charge in [0.15, 0.2) is 0 Å². The molecule has 2 heterocycles. The van der Waals surface area contributed by atoms with Gasteiger partial charge in [-0.15, -0.1) is 0 Å². The summed E-state index contributed by atoms with van der Waals surface area (Å²) in [7, 11) is 5.79. The Morgan fingerprint density at radius 3 is 2.84 bits per heavy atom. The Hall–Kier alpha value is -1.47. The van der Waals surface area contributed by atoms with E-state index in [-0.39, 0.29) is 5.95 Å². The van der Waals surface area contributed by atoms with Gasteiger partial charge in [-0.05, 0) is 26.4 Å². The van der Waals surface area contributed by atoms with Crippen LogP contribution in [-0.4, -0.2) is 60.1 Å². The summed E-state index contributed by atoms with van der Waals surface area (Å²) in [5, 5.41) is 3.24. The Balaban J connectivity index is 2.09. The maximum atomic E-state index is 5.75. The summed E-state index contributed by atoms with van der Waals surface area (Å²) in [6.07, 6.45) is 2.45. The summed E-state index contributed by atoms with van der Waals surface area (Å²) in [4.78, 5) is 17.1. The number of nitrogens with zero attached hydrogens (tertiary/aromatic N) is 5. The zero-order valence-electron chi connectivity index (χ0n) is 11.9.